The number of ether oxygens (including phenoxy) is 1. The lowest BCUT2D eigenvalue weighted by Gasteiger charge is -2.09. The van der Waals surface area contributed by atoms with Gasteiger partial charge in [-0.2, -0.15) is 0 Å². The van der Waals surface area contributed by atoms with Crippen LogP contribution in [-0.4, -0.2) is 33.5 Å². The second kappa shape index (κ2) is 9.32. The second-order valence-corrected chi connectivity index (χ2v) is 7.67. The number of carbonyl (C=O) groups excluding carboxylic acids is 1. The average Bonchev–Trinajstić information content (AvgIpc) is 3.03. The van der Waals surface area contributed by atoms with E-state index in [1.165, 1.54) is 11.8 Å². The van der Waals surface area contributed by atoms with Crippen molar-refractivity contribution < 1.29 is 9.53 Å². The van der Waals surface area contributed by atoms with Crippen molar-refractivity contribution in [1.82, 2.24) is 14.8 Å². The molecule has 2 aromatic carbocycles. The van der Waals surface area contributed by atoms with Gasteiger partial charge >= 0.3 is 0 Å². The molecule has 0 saturated carbocycles. The normalized spacial score (nSPS) is 10.7. The van der Waals surface area contributed by atoms with E-state index in [1.54, 1.807) is 25.3 Å². The van der Waals surface area contributed by atoms with Crippen LogP contribution < -0.4 is 10.1 Å². The molecule has 9 heteroatoms. The molecular weight excluding hydrogens is 419 g/mol. The topological polar surface area (TPSA) is 69.0 Å². The fourth-order valence-electron chi connectivity index (χ4n) is 2.47. The Morgan fingerprint density at radius 3 is 2.46 bits per heavy atom. The smallest absolute Gasteiger partial charge is 0.234 e. The van der Waals surface area contributed by atoms with Crippen molar-refractivity contribution in [3.05, 3.63) is 63.9 Å². The number of para-hydroxylation sites is 1. The zero-order valence-corrected chi connectivity index (χ0v) is 17.6. The first-order chi connectivity index (χ1) is 13.5. The van der Waals surface area contributed by atoms with Crippen LogP contribution in [-0.2, 0) is 18.3 Å². The summed E-state index contributed by atoms with van der Waals surface area (Å²) in [5.74, 6) is 1.56. The predicted octanol–water partition coefficient (Wildman–Crippen LogP) is 4.45. The van der Waals surface area contributed by atoms with Crippen LogP contribution in [0.4, 0.5) is 5.69 Å². The number of nitrogens with one attached hydrogen (secondary N) is 1. The summed E-state index contributed by atoms with van der Waals surface area (Å²) >= 11 is 13.4. The Bertz CT molecular complexity index is 956. The molecule has 0 aliphatic rings. The van der Waals surface area contributed by atoms with Crippen LogP contribution in [0.15, 0.2) is 47.6 Å². The minimum absolute atomic E-state index is 0.163. The third kappa shape index (κ3) is 4.98. The number of thioether (sulfide) groups is 1. The Hall–Kier alpha value is -2.22. The highest BCUT2D eigenvalue weighted by molar-refractivity contribution is 7.99. The molecular formula is C19H18Cl2N4O2S. The third-order valence-electron chi connectivity index (χ3n) is 4.01. The molecule has 1 N–H and O–H groups in total. The highest BCUT2D eigenvalue weighted by atomic mass is 35.5. The molecule has 0 aliphatic heterocycles. The first-order valence-electron chi connectivity index (χ1n) is 8.35. The fraction of sp³-hybridized carbons (Fsp3) is 0.211. The Balaban J connectivity index is 1.60. The Morgan fingerprint density at radius 2 is 1.82 bits per heavy atom. The number of aromatic nitrogens is 3. The number of amides is 1. The lowest BCUT2D eigenvalue weighted by atomic mass is 10.1. The number of anilines is 1. The number of nitrogens with zero attached hydrogens (tertiary/aromatic N) is 3. The summed E-state index contributed by atoms with van der Waals surface area (Å²) in [5.41, 5.74) is 1.51. The molecule has 146 valence electrons. The summed E-state index contributed by atoms with van der Waals surface area (Å²) in [6, 6.07) is 12.9. The molecule has 0 aliphatic carbocycles. The summed E-state index contributed by atoms with van der Waals surface area (Å²) in [7, 11) is 3.51. The van der Waals surface area contributed by atoms with Crippen LogP contribution in [0.2, 0.25) is 10.0 Å². The molecule has 0 bridgehead atoms. The van der Waals surface area contributed by atoms with E-state index in [1.807, 2.05) is 35.9 Å². The summed E-state index contributed by atoms with van der Waals surface area (Å²) in [4.78, 5) is 12.2. The van der Waals surface area contributed by atoms with Gasteiger partial charge < -0.3 is 14.6 Å². The van der Waals surface area contributed by atoms with Gasteiger partial charge in [-0.25, -0.2) is 0 Å². The number of halogens is 2. The van der Waals surface area contributed by atoms with E-state index in [0.29, 0.717) is 27.3 Å². The highest BCUT2D eigenvalue weighted by Crippen LogP contribution is 2.30. The second-order valence-electron chi connectivity index (χ2n) is 5.92. The molecule has 3 aromatic rings. The molecule has 3 rings (SSSR count). The molecule has 0 radical (unpaired) electrons. The number of carbonyl (C=O) groups is 1. The summed E-state index contributed by atoms with van der Waals surface area (Å²) in [5, 5.41) is 12.6. The average molecular weight is 437 g/mol. The molecule has 0 atom stereocenters. The van der Waals surface area contributed by atoms with Crippen molar-refractivity contribution in [1.29, 1.82) is 0 Å². The van der Waals surface area contributed by atoms with Crippen LogP contribution >= 0.6 is 35.0 Å². The number of methoxy groups -OCH3 is 1. The van der Waals surface area contributed by atoms with Gasteiger partial charge in [0.2, 0.25) is 5.91 Å². The van der Waals surface area contributed by atoms with Crippen LogP contribution in [0.1, 0.15) is 11.4 Å². The summed E-state index contributed by atoms with van der Waals surface area (Å²) in [6.45, 7) is 0. The van der Waals surface area contributed by atoms with Gasteiger partial charge in [-0.05, 0) is 29.8 Å². The van der Waals surface area contributed by atoms with E-state index in [0.717, 1.165) is 17.1 Å². The Labute approximate surface area is 177 Å². The lowest BCUT2D eigenvalue weighted by Crippen LogP contribution is -2.15. The molecule has 28 heavy (non-hydrogen) atoms. The Morgan fingerprint density at radius 1 is 1.14 bits per heavy atom. The first kappa shape index (κ1) is 20.5. The number of rotatable bonds is 7. The van der Waals surface area contributed by atoms with Crippen LogP contribution in [0.25, 0.3) is 0 Å². The van der Waals surface area contributed by atoms with Gasteiger partial charge in [-0.1, -0.05) is 53.2 Å². The molecule has 0 fully saturated rings. The molecule has 6 nitrogen and oxygen atoms in total. The zero-order valence-electron chi connectivity index (χ0n) is 15.3. The standard InChI is InChI=1S/C19H18Cl2N4O2S/c1-25-16(10-12-6-8-13(27-2)9-7-12)23-24-19(25)28-11-17(26)22-18-14(20)4-3-5-15(18)21/h3-9H,10-11H2,1-2H3,(H,22,26). The van der Waals surface area contributed by atoms with E-state index in [4.69, 9.17) is 27.9 Å². The minimum Gasteiger partial charge on any atom is -0.497 e. The Kier molecular flexibility index (Phi) is 6.83. The zero-order chi connectivity index (χ0) is 20.1. The molecule has 1 heterocycles. The number of benzene rings is 2. The van der Waals surface area contributed by atoms with Gasteiger partial charge in [0, 0.05) is 13.5 Å². The van der Waals surface area contributed by atoms with Crippen molar-refractivity contribution in [3.8, 4) is 5.75 Å². The SMILES string of the molecule is COc1ccc(Cc2nnc(SCC(=O)Nc3c(Cl)cccc3Cl)n2C)cc1. The largest absolute Gasteiger partial charge is 0.497 e. The predicted molar refractivity (Wildman–Crippen MR) is 113 cm³/mol. The van der Waals surface area contributed by atoms with Gasteiger partial charge in [0.25, 0.3) is 0 Å². The fourth-order valence-corrected chi connectivity index (χ4v) is 3.70. The molecule has 0 spiro atoms. The van der Waals surface area contributed by atoms with Crippen LogP contribution in [0, 0.1) is 0 Å². The van der Waals surface area contributed by atoms with E-state index in [2.05, 4.69) is 15.5 Å². The van der Waals surface area contributed by atoms with Gasteiger partial charge in [-0.3, -0.25) is 4.79 Å². The quantitative estimate of drug-likeness (QED) is 0.553. The van der Waals surface area contributed by atoms with Crippen molar-refractivity contribution in [2.45, 2.75) is 11.6 Å². The maximum absolute atomic E-state index is 12.2. The van der Waals surface area contributed by atoms with Crippen molar-refractivity contribution in [3.63, 3.8) is 0 Å². The van der Waals surface area contributed by atoms with Crippen LogP contribution in [0.5, 0.6) is 5.75 Å². The third-order valence-corrected chi connectivity index (χ3v) is 5.66. The highest BCUT2D eigenvalue weighted by Gasteiger charge is 2.14. The molecule has 0 saturated heterocycles. The van der Waals surface area contributed by atoms with Crippen molar-refractivity contribution in [2.24, 2.45) is 7.05 Å². The number of hydrogen-bond acceptors (Lipinski definition) is 5. The number of hydrogen-bond donors (Lipinski definition) is 1. The first-order valence-corrected chi connectivity index (χ1v) is 10.1. The van der Waals surface area contributed by atoms with E-state index < -0.39 is 0 Å². The lowest BCUT2D eigenvalue weighted by molar-refractivity contribution is -0.113. The molecule has 0 unspecified atom stereocenters. The van der Waals surface area contributed by atoms with Gasteiger partial charge in [0.15, 0.2) is 5.16 Å². The van der Waals surface area contributed by atoms with Crippen molar-refractivity contribution >= 4 is 46.6 Å². The summed E-state index contributed by atoms with van der Waals surface area (Å²) < 4.78 is 7.05. The van der Waals surface area contributed by atoms with Gasteiger partial charge in [0.1, 0.15) is 11.6 Å². The van der Waals surface area contributed by atoms with E-state index in [-0.39, 0.29) is 11.7 Å². The monoisotopic (exact) mass is 436 g/mol. The maximum Gasteiger partial charge on any atom is 0.234 e. The van der Waals surface area contributed by atoms with Gasteiger partial charge in [-0.15, -0.1) is 10.2 Å². The molecule has 1 aromatic heterocycles. The van der Waals surface area contributed by atoms with Crippen LogP contribution in [0.3, 0.4) is 0 Å². The van der Waals surface area contributed by atoms with Crippen molar-refractivity contribution in [2.75, 3.05) is 18.2 Å². The summed E-state index contributed by atoms with van der Waals surface area (Å²) in [6.07, 6.45) is 0.634. The van der Waals surface area contributed by atoms with Gasteiger partial charge in [0.05, 0.1) is 28.6 Å². The molecule has 1 amide bonds. The minimum atomic E-state index is -0.222. The maximum atomic E-state index is 12.2. The van der Waals surface area contributed by atoms with E-state index in [9.17, 15) is 4.79 Å². The van der Waals surface area contributed by atoms with E-state index >= 15 is 0 Å².